The number of hydrogen-bond acceptors (Lipinski definition) is 4. The first-order valence-electron chi connectivity index (χ1n) is 4.04. The van der Waals surface area contributed by atoms with Crippen LogP contribution >= 0.6 is 24.2 Å². The zero-order valence-corrected chi connectivity index (χ0v) is 9.21. The van der Waals surface area contributed by atoms with E-state index in [0.717, 1.165) is 11.6 Å². The molecular weight excluding hydrogens is 210 g/mol. The van der Waals surface area contributed by atoms with E-state index in [9.17, 15) is 4.79 Å². The van der Waals surface area contributed by atoms with Crippen molar-refractivity contribution < 1.29 is 4.79 Å². The molecule has 0 spiro atoms. The Morgan fingerprint density at radius 2 is 2.54 bits per heavy atom. The third-order valence-corrected chi connectivity index (χ3v) is 2.57. The second kappa shape index (κ2) is 6.48. The zero-order chi connectivity index (χ0) is 8.97. The summed E-state index contributed by atoms with van der Waals surface area (Å²) >= 11 is 1.74. The van der Waals surface area contributed by atoms with Crippen LogP contribution in [0.1, 0.15) is 6.92 Å². The fourth-order valence-corrected chi connectivity index (χ4v) is 1.89. The van der Waals surface area contributed by atoms with Gasteiger partial charge in [0.2, 0.25) is 5.91 Å². The van der Waals surface area contributed by atoms with Crippen LogP contribution in [0.3, 0.4) is 0 Å². The van der Waals surface area contributed by atoms with E-state index in [2.05, 4.69) is 10.6 Å². The van der Waals surface area contributed by atoms with Gasteiger partial charge in [-0.3, -0.25) is 10.1 Å². The summed E-state index contributed by atoms with van der Waals surface area (Å²) in [7, 11) is 0. The monoisotopic (exact) mass is 225 g/mol. The highest BCUT2D eigenvalue weighted by Gasteiger charge is 2.21. The maximum absolute atomic E-state index is 11.3. The summed E-state index contributed by atoms with van der Waals surface area (Å²) in [5, 5.41) is 5.87. The molecule has 1 heterocycles. The molecule has 0 saturated carbocycles. The average molecular weight is 226 g/mol. The lowest BCUT2D eigenvalue weighted by molar-refractivity contribution is -0.122. The summed E-state index contributed by atoms with van der Waals surface area (Å²) < 4.78 is 0. The van der Waals surface area contributed by atoms with Crippen molar-refractivity contribution in [3.05, 3.63) is 0 Å². The molecular formula is C7H16ClN3OS. The van der Waals surface area contributed by atoms with Gasteiger partial charge in [-0.15, -0.1) is 24.2 Å². The molecule has 0 aromatic carbocycles. The molecule has 2 atom stereocenters. The van der Waals surface area contributed by atoms with E-state index >= 15 is 0 Å². The highest BCUT2D eigenvalue weighted by Crippen LogP contribution is 2.08. The Labute approximate surface area is 88.8 Å². The molecule has 13 heavy (non-hydrogen) atoms. The topological polar surface area (TPSA) is 67.1 Å². The van der Waals surface area contributed by atoms with Gasteiger partial charge in [0.1, 0.15) is 0 Å². The Morgan fingerprint density at radius 1 is 1.85 bits per heavy atom. The molecule has 78 valence electrons. The van der Waals surface area contributed by atoms with Crippen molar-refractivity contribution in [3.63, 3.8) is 0 Å². The van der Waals surface area contributed by atoms with Gasteiger partial charge in [0.05, 0.1) is 6.04 Å². The fraction of sp³-hybridized carbons (Fsp3) is 0.857. The van der Waals surface area contributed by atoms with Crippen LogP contribution in [0.2, 0.25) is 0 Å². The normalized spacial score (nSPS) is 23.4. The molecule has 1 aliphatic rings. The first-order chi connectivity index (χ1) is 5.70. The van der Waals surface area contributed by atoms with E-state index in [4.69, 9.17) is 5.73 Å². The molecule has 4 N–H and O–H groups in total. The molecule has 0 aromatic heterocycles. The number of nitrogens with one attached hydrogen (secondary N) is 2. The smallest absolute Gasteiger partial charge is 0.238 e. The number of thioether (sulfide) groups is 1. The lowest BCUT2D eigenvalue weighted by Gasteiger charge is -2.11. The summed E-state index contributed by atoms with van der Waals surface area (Å²) in [5.41, 5.74) is 5.50. The molecule has 1 aliphatic heterocycles. The van der Waals surface area contributed by atoms with Gasteiger partial charge < -0.3 is 11.1 Å². The van der Waals surface area contributed by atoms with Gasteiger partial charge in [0.25, 0.3) is 0 Å². The molecule has 2 unspecified atom stereocenters. The highest BCUT2D eigenvalue weighted by molar-refractivity contribution is 7.99. The third-order valence-electron chi connectivity index (χ3n) is 1.63. The predicted octanol–water partition coefficient (Wildman–Crippen LogP) is -0.466. The van der Waals surface area contributed by atoms with Gasteiger partial charge in [-0.05, 0) is 6.92 Å². The van der Waals surface area contributed by atoms with Crippen molar-refractivity contribution >= 4 is 30.1 Å². The molecule has 0 radical (unpaired) electrons. The van der Waals surface area contributed by atoms with Crippen molar-refractivity contribution in [1.82, 2.24) is 10.6 Å². The summed E-state index contributed by atoms with van der Waals surface area (Å²) in [6.07, 6.45) is 0. The highest BCUT2D eigenvalue weighted by atomic mass is 35.5. The molecule has 1 amide bonds. The minimum Gasteiger partial charge on any atom is -0.353 e. The van der Waals surface area contributed by atoms with Gasteiger partial charge in [-0.1, -0.05) is 0 Å². The SMILES string of the molecule is CC(N)CNC(=O)C1CSCN1.Cl. The van der Waals surface area contributed by atoms with E-state index in [1.807, 2.05) is 6.92 Å². The summed E-state index contributed by atoms with van der Waals surface area (Å²) in [6.45, 7) is 2.43. The van der Waals surface area contributed by atoms with Gasteiger partial charge in [-0.2, -0.15) is 0 Å². The lowest BCUT2D eigenvalue weighted by atomic mass is 10.3. The quantitative estimate of drug-likeness (QED) is 0.608. The van der Waals surface area contributed by atoms with Crippen molar-refractivity contribution in [1.29, 1.82) is 0 Å². The summed E-state index contributed by atoms with van der Waals surface area (Å²) in [4.78, 5) is 11.3. The standard InChI is InChI=1S/C7H15N3OS.ClH/c1-5(8)2-9-7(11)6-3-12-4-10-6;/h5-6,10H,2-4,8H2,1H3,(H,9,11);1H. The molecule has 1 saturated heterocycles. The average Bonchev–Trinajstić information content (AvgIpc) is 2.51. The fourth-order valence-electron chi connectivity index (χ4n) is 0.948. The maximum atomic E-state index is 11.3. The van der Waals surface area contributed by atoms with Gasteiger partial charge in [0, 0.05) is 24.2 Å². The van der Waals surface area contributed by atoms with E-state index in [1.165, 1.54) is 0 Å². The number of nitrogens with two attached hydrogens (primary N) is 1. The second-order valence-corrected chi connectivity index (χ2v) is 4.02. The minimum absolute atomic E-state index is 0. The van der Waals surface area contributed by atoms with E-state index in [1.54, 1.807) is 11.8 Å². The number of halogens is 1. The Balaban J connectivity index is 0.00000144. The molecule has 0 aromatic rings. The Kier molecular flexibility index (Phi) is 6.49. The maximum Gasteiger partial charge on any atom is 0.238 e. The molecule has 6 heteroatoms. The lowest BCUT2D eigenvalue weighted by Crippen LogP contribution is -2.45. The largest absolute Gasteiger partial charge is 0.353 e. The first-order valence-corrected chi connectivity index (χ1v) is 5.20. The minimum atomic E-state index is -0.0197. The Bertz CT molecular complexity index is 162. The van der Waals surface area contributed by atoms with Crippen LogP contribution in [-0.2, 0) is 4.79 Å². The van der Waals surface area contributed by atoms with Crippen molar-refractivity contribution in [2.45, 2.75) is 19.0 Å². The second-order valence-electron chi connectivity index (χ2n) is 2.99. The van der Waals surface area contributed by atoms with Crippen molar-refractivity contribution in [3.8, 4) is 0 Å². The molecule has 0 aliphatic carbocycles. The molecule has 0 bridgehead atoms. The van der Waals surface area contributed by atoms with E-state index in [-0.39, 0.29) is 30.4 Å². The van der Waals surface area contributed by atoms with Crippen LogP contribution in [0, 0.1) is 0 Å². The predicted molar refractivity (Wildman–Crippen MR) is 58.2 cm³/mol. The number of rotatable bonds is 3. The Morgan fingerprint density at radius 3 is 3.00 bits per heavy atom. The van der Waals surface area contributed by atoms with Gasteiger partial charge in [0.15, 0.2) is 0 Å². The van der Waals surface area contributed by atoms with Crippen LogP contribution in [-0.4, -0.2) is 36.2 Å². The molecule has 1 rings (SSSR count). The van der Waals surface area contributed by atoms with Crippen LogP contribution < -0.4 is 16.4 Å². The molecule has 1 fully saturated rings. The number of carbonyl (C=O) groups is 1. The van der Waals surface area contributed by atoms with Crippen LogP contribution in [0.5, 0.6) is 0 Å². The Hall–Kier alpha value is 0.0300. The zero-order valence-electron chi connectivity index (χ0n) is 7.58. The number of amides is 1. The van der Waals surface area contributed by atoms with Crippen LogP contribution in [0.25, 0.3) is 0 Å². The van der Waals surface area contributed by atoms with E-state index in [0.29, 0.717) is 6.54 Å². The first kappa shape index (κ1) is 13.0. The van der Waals surface area contributed by atoms with Crippen molar-refractivity contribution in [2.24, 2.45) is 5.73 Å². The van der Waals surface area contributed by atoms with Crippen LogP contribution in [0.15, 0.2) is 0 Å². The summed E-state index contributed by atoms with van der Waals surface area (Å²) in [5.74, 6) is 1.80. The van der Waals surface area contributed by atoms with Gasteiger partial charge in [-0.25, -0.2) is 0 Å². The molecule has 4 nitrogen and oxygen atoms in total. The number of hydrogen-bond donors (Lipinski definition) is 3. The van der Waals surface area contributed by atoms with E-state index < -0.39 is 0 Å². The third kappa shape index (κ3) is 4.71. The van der Waals surface area contributed by atoms with Crippen LogP contribution in [0.4, 0.5) is 0 Å². The number of carbonyl (C=O) groups excluding carboxylic acids is 1. The van der Waals surface area contributed by atoms with Gasteiger partial charge >= 0.3 is 0 Å². The summed E-state index contributed by atoms with van der Waals surface area (Å²) in [6, 6.07) is 0.0109. The van der Waals surface area contributed by atoms with Crippen molar-refractivity contribution in [2.75, 3.05) is 18.2 Å².